The normalized spacial score (nSPS) is 11.6. The summed E-state index contributed by atoms with van der Waals surface area (Å²) in [6, 6.07) is 16.5. The van der Waals surface area contributed by atoms with Crippen LogP contribution in [0.4, 0.5) is 0 Å². The summed E-state index contributed by atoms with van der Waals surface area (Å²) in [4.78, 5) is 23.5. The first-order valence-electron chi connectivity index (χ1n) is 7.70. The summed E-state index contributed by atoms with van der Waals surface area (Å²) < 4.78 is 5.45. The van der Waals surface area contributed by atoms with Gasteiger partial charge < -0.3 is 10.1 Å². The Hall–Kier alpha value is -2.62. The minimum Gasteiger partial charge on any atom is -0.484 e. The van der Waals surface area contributed by atoms with E-state index in [-0.39, 0.29) is 24.3 Å². The van der Waals surface area contributed by atoms with E-state index in [0.29, 0.717) is 17.7 Å². The lowest BCUT2D eigenvalue weighted by Gasteiger charge is -2.14. The maximum atomic E-state index is 11.9. The molecule has 1 N–H and O–H groups in total. The summed E-state index contributed by atoms with van der Waals surface area (Å²) >= 11 is 0. The Bertz CT molecular complexity index is 650. The van der Waals surface area contributed by atoms with Gasteiger partial charge in [0, 0.05) is 12.0 Å². The molecule has 1 amide bonds. The Morgan fingerprint density at radius 2 is 1.70 bits per heavy atom. The van der Waals surface area contributed by atoms with Crippen molar-refractivity contribution in [2.75, 3.05) is 6.61 Å². The zero-order valence-electron chi connectivity index (χ0n) is 13.4. The standard InChI is InChI=1S/C19H21NO3/c1-3-18(21)16-9-11-17(12-10-16)23-13-19(22)20-14(2)15-7-5-4-6-8-15/h4-12,14H,3,13H2,1-2H3,(H,20,22)/t14-/m0/s1. The highest BCUT2D eigenvalue weighted by molar-refractivity contribution is 5.95. The van der Waals surface area contributed by atoms with Gasteiger partial charge >= 0.3 is 0 Å². The van der Waals surface area contributed by atoms with E-state index in [1.165, 1.54) is 0 Å². The van der Waals surface area contributed by atoms with Gasteiger partial charge in [0.1, 0.15) is 5.75 Å². The Balaban J connectivity index is 1.83. The zero-order valence-corrected chi connectivity index (χ0v) is 13.4. The van der Waals surface area contributed by atoms with E-state index in [1.807, 2.05) is 44.2 Å². The molecule has 1 atom stereocenters. The third-order valence-electron chi connectivity index (χ3n) is 3.54. The van der Waals surface area contributed by atoms with Gasteiger partial charge in [-0.15, -0.1) is 0 Å². The zero-order chi connectivity index (χ0) is 16.7. The van der Waals surface area contributed by atoms with Gasteiger partial charge in [-0.25, -0.2) is 0 Å². The molecule has 2 rings (SSSR count). The largest absolute Gasteiger partial charge is 0.484 e. The third-order valence-corrected chi connectivity index (χ3v) is 3.54. The van der Waals surface area contributed by atoms with Gasteiger partial charge in [0.2, 0.25) is 0 Å². The van der Waals surface area contributed by atoms with E-state index in [4.69, 9.17) is 4.74 Å². The third kappa shape index (κ3) is 4.95. The molecule has 23 heavy (non-hydrogen) atoms. The van der Waals surface area contributed by atoms with E-state index in [1.54, 1.807) is 24.3 Å². The number of carbonyl (C=O) groups excluding carboxylic acids is 2. The number of ether oxygens (including phenoxy) is 1. The molecule has 0 aliphatic heterocycles. The molecule has 0 saturated carbocycles. The van der Waals surface area contributed by atoms with Crippen LogP contribution < -0.4 is 10.1 Å². The van der Waals surface area contributed by atoms with Crippen molar-refractivity contribution in [3.63, 3.8) is 0 Å². The molecular weight excluding hydrogens is 290 g/mol. The number of hydrogen-bond acceptors (Lipinski definition) is 3. The van der Waals surface area contributed by atoms with Crippen molar-refractivity contribution >= 4 is 11.7 Å². The predicted molar refractivity (Wildman–Crippen MR) is 89.6 cm³/mol. The van der Waals surface area contributed by atoms with Crippen molar-refractivity contribution in [3.8, 4) is 5.75 Å². The number of hydrogen-bond donors (Lipinski definition) is 1. The molecule has 4 heteroatoms. The molecule has 0 aliphatic carbocycles. The van der Waals surface area contributed by atoms with E-state index in [0.717, 1.165) is 5.56 Å². The second-order valence-corrected chi connectivity index (χ2v) is 5.29. The molecule has 2 aromatic rings. The van der Waals surface area contributed by atoms with Gasteiger partial charge in [-0.1, -0.05) is 37.3 Å². The number of Topliss-reactive ketones (excluding diaryl/α,β-unsaturated/α-hetero) is 1. The Labute approximate surface area is 136 Å². The fourth-order valence-electron chi connectivity index (χ4n) is 2.20. The van der Waals surface area contributed by atoms with E-state index < -0.39 is 0 Å². The van der Waals surface area contributed by atoms with Crippen LogP contribution in [0.1, 0.15) is 42.2 Å². The van der Waals surface area contributed by atoms with Crippen LogP contribution >= 0.6 is 0 Å². The Morgan fingerprint density at radius 3 is 2.30 bits per heavy atom. The van der Waals surface area contributed by atoms with Crippen LogP contribution in [0.3, 0.4) is 0 Å². The van der Waals surface area contributed by atoms with Crippen LogP contribution in [-0.2, 0) is 4.79 Å². The minimum atomic E-state index is -0.185. The lowest BCUT2D eigenvalue weighted by Crippen LogP contribution is -2.31. The maximum absolute atomic E-state index is 11.9. The van der Waals surface area contributed by atoms with Crippen molar-refractivity contribution in [2.24, 2.45) is 0 Å². The predicted octanol–water partition coefficient (Wildman–Crippen LogP) is 3.54. The smallest absolute Gasteiger partial charge is 0.258 e. The minimum absolute atomic E-state index is 0.0573. The first-order valence-corrected chi connectivity index (χ1v) is 7.70. The highest BCUT2D eigenvalue weighted by Crippen LogP contribution is 2.14. The average molecular weight is 311 g/mol. The van der Waals surface area contributed by atoms with Crippen molar-refractivity contribution < 1.29 is 14.3 Å². The van der Waals surface area contributed by atoms with Gasteiger partial charge in [-0.05, 0) is 36.8 Å². The summed E-state index contributed by atoms with van der Waals surface area (Å²) in [6.07, 6.45) is 0.472. The molecule has 4 nitrogen and oxygen atoms in total. The van der Waals surface area contributed by atoms with Crippen molar-refractivity contribution in [3.05, 3.63) is 65.7 Å². The molecule has 0 spiro atoms. The van der Waals surface area contributed by atoms with Gasteiger partial charge in [0.25, 0.3) is 5.91 Å². The van der Waals surface area contributed by atoms with E-state index >= 15 is 0 Å². The highest BCUT2D eigenvalue weighted by Gasteiger charge is 2.10. The number of rotatable bonds is 7. The van der Waals surface area contributed by atoms with Crippen molar-refractivity contribution in [1.82, 2.24) is 5.32 Å². The maximum Gasteiger partial charge on any atom is 0.258 e. The molecule has 0 aliphatic rings. The SMILES string of the molecule is CCC(=O)c1ccc(OCC(=O)N[C@@H](C)c2ccccc2)cc1. The Kier molecular flexibility index (Phi) is 5.92. The molecular formula is C19H21NO3. The second kappa shape index (κ2) is 8.13. The molecule has 2 aromatic carbocycles. The first-order chi connectivity index (χ1) is 11.1. The van der Waals surface area contributed by atoms with E-state index in [9.17, 15) is 9.59 Å². The Morgan fingerprint density at radius 1 is 1.04 bits per heavy atom. The van der Waals surface area contributed by atoms with Crippen LogP contribution in [0.15, 0.2) is 54.6 Å². The molecule has 0 aromatic heterocycles. The molecule has 0 fully saturated rings. The number of amides is 1. The average Bonchev–Trinajstić information content (AvgIpc) is 2.60. The lowest BCUT2D eigenvalue weighted by molar-refractivity contribution is -0.123. The van der Waals surface area contributed by atoms with Crippen LogP contribution in [0.2, 0.25) is 0 Å². The van der Waals surface area contributed by atoms with Crippen LogP contribution in [0.25, 0.3) is 0 Å². The fraction of sp³-hybridized carbons (Fsp3) is 0.263. The molecule has 0 unspecified atom stereocenters. The molecule has 0 radical (unpaired) electrons. The monoisotopic (exact) mass is 311 g/mol. The van der Waals surface area contributed by atoms with Gasteiger partial charge in [0.15, 0.2) is 12.4 Å². The van der Waals surface area contributed by atoms with Crippen LogP contribution in [0.5, 0.6) is 5.75 Å². The summed E-state index contributed by atoms with van der Waals surface area (Å²) in [5.41, 5.74) is 1.70. The highest BCUT2D eigenvalue weighted by atomic mass is 16.5. The fourth-order valence-corrected chi connectivity index (χ4v) is 2.20. The number of benzene rings is 2. The van der Waals surface area contributed by atoms with Crippen LogP contribution in [0, 0.1) is 0 Å². The molecule has 120 valence electrons. The van der Waals surface area contributed by atoms with Crippen molar-refractivity contribution in [1.29, 1.82) is 0 Å². The van der Waals surface area contributed by atoms with E-state index in [2.05, 4.69) is 5.32 Å². The molecule has 0 bridgehead atoms. The van der Waals surface area contributed by atoms with Gasteiger partial charge in [0.05, 0.1) is 6.04 Å². The summed E-state index contributed by atoms with van der Waals surface area (Å²) in [6.45, 7) is 3.70. The summed E-state index contributed by atoms with van der Waals surface area (Å²) in [7, 11) is 0. The summed E-state index contributed by atoms with van der Waals surface area (Å²) in [5, 5.41) is 2.89. The number of ketones is 1. The van der Waals surface area contributed by atoms with Gasteiger partial charge in [-0.2, -0.15) is 0 Å². The number of nitrogens with one attached hydrogen (secondary N) is 1. The first kappa shape index (κ1) is 16.7. The lowest BCUT2D eigenvalue weighted by atomic mass is 10.1. The second-order valence-electron chi connectivity index (χ2n) is 5.29. The van der Waals surface area contributed by atoms with Crippen LogP contribution in [-0.4, -0.2) is 18.3 Å². The molecule has 0 saturated heterocycles. The van der Waals surface area contributed by atoms with Crippen molar-refractivity contribution in [2.45, 2.75) is 26.3 Å². The topological polar surface area (TPSA) is 55.4 Å². The summed E-state index contributed by atoms with van der Waals surface area (Å²) in [5.74, 6) is 0.473. The van der Waals surface area contributed by atoms with Gasteiger partial charge in [-0.3, -0.25) is 9.59 Å². The molecule has 0 heterocycles. The number of carbonyl (C=O) groups is 2. The quantitative estimate of drug-likeness (QED) is 0.796.